The third kappa shape index (κ3) is 4.68. The second kappa shape index (κ2) is 8.11. The van der Waals surface area contributed by atoms with Gasteiger partial charge in [0.2, 0.25) is 0 Å². The van der Waals surface area contributed by atoms with Gasteiger partial charge in [-0.2, -0.15) is 0 Å². The first-order valence-corrected chi connectivity index (χ1v) is 8.39. The van der Waals surface area contributed by atoms with Crippen LogP contribution in [0.1, 0.15) is 42.6 Å². The van der Waals surface area contributed by atoms with Gasteiger partial charge in [-0.15, -0.1) is 0 Å². The third-order valence-corrected chi connectivity index (χ3v) is 4.27. The number of nitrogens with one attached hydrogen (secondary N) is 2. The Kier molecular flexibility index (Phi) is 5.62. The molecule has 0 amide bonds. The van der Waals surface area contributed by atoms with Crippen molar-refractivity contribution in [2.24, 2.45) is 0 Å². The summed E-state index contributed by atoms with van der Waals surface area (Å²) in [5, 5.41) is 3.44. The van der Waals surface area contributed by atoms with Crippen molar-refractivity contribution in [3.8, 4) is 0 Å². The third-order valence-electron chi connectivity index (χ3n) is 4.27. The number of imidazole rings is 1. The van der Waals surface area contributed by atoms with E-state index in [1.54, 1.807) is 6.20 Å². The Morgan fingerprint density at radius 2 is 1.86 bits per heavy atom. The van der Waals surface area contributed by atoms with Crippen LogP contribution in [0.15, 0.2) is 36.7 Å². The second-order valence-corrected chi connectivity index (χ2v) is 6.15. The van der Waals surface area contributed by atoms with E-state index in [1.807, 2.05) is 6.20 Å². The average molecular weight is 298 g/mol. The van der Waals surface area contributed by atoms with Crippen molar-refractivity contribution in [2.45, 2.75) is 45.3 Å². The Morgan fingerprint density at radius 1 is 1.05 bits per heavy atom. The van der Waals surface area contributed by atoms with E-state index >= 15 is 0 Å². The summed E-state index contributed by atoms with van der Waals surface area (Å²) in [7, 11) is 0. The van der Waals surface area contributed by atoms with Gasteiger partial charge in [-0.05, 0) is 37.1 Å². The standard InChI is InChI=1S/C18H26N4/c1-2-4-11-22(10-3-1)15-17-7-5-6-16(12-17)13-19-14-18-20-8-9-21-18/h5-9,12,19H,1-4,10-11,13-15H2,(H,20,21). The Balaban J connectivity index is 1.50. The van der Waals surface area contributed by atoms with E-state index in [1.165, 1.54) is 49.9 Å². The van der Waals surface area contributed by atoms with Crippen LogP contribution in [0, 0.1) is 0 Å². The molecule has 2 N–H and O–H groups in total. The lowest BCUT2D eigenvalue weighted by Crippen LogP contribution is -2.24. The summed E-state index contributed by atoms with van der Waals surface area (Å²) in [5.41, 5.74) is 2.78. The topological polar surface area (TPSA) is 44.0 Å². The van der Waals surface area contributed by atoms with Gasteiger partial charge in [0.1, 0.15) is 5.82 Å². The van der Waals surface area contributed by atoms with Crippen molar-refractivity contribution in [3.63, 3.8) is 0 Å². The van der Waals surface area contributed by atoms with Crippen molar-refractivity contribution in [1.82, 2.24) is 20.2 Å². The summed E-state index contributed by atoms with van der Waals surface area (Å²) in [6.45, 7) is 5.26. The van der Waals surface area contributed by atoms with Crippen LogP contribution in [0.4, 0.5) is 0 Å². The SMILES string of the molecule is c1cc(CNCc2ncc[nH]2)cc(CN2CCCCCC2)c1. The van der Waals surface area contributed by atoms with E-state index in [-0.39, 0.29) is 0 Å². The molecule has 1 aliphatic heterocycles. The smallest absolute Gasteiger partial charge is 0.120 e. The highest BCUT2D eigenvalue weighted by Gasteiger charge is 2.09. The summed E-state index contributed by atoms with van der Waals surface area (Å²) >= 11 is 0. The van der Waals surface area contributed by atoms with Crippen molar-refractivity contribution >= 4 is 0 Å². The molecule has 0 atom stereocenters. The normalized spacial score (nSPS) is 16.5. The van der Waals surface area contributed by atoms with E-state index in [0.717, 1.165) is 25.5 Å². The predicted molar refractivity (Wildman–Crippen MR) is 89.3 cm³/mol. The number of hydrogen-bond donors (Lipinski definition) is 2. The molecule has 1 fully saturated rings. The molecule has 1 aliphatic rings. The number of aromatic amines is 1. The second-order valence-electron chi connectivity index (χ2n) is 6.15. The summed E-state index contributed by atoms with van der Waals surface area (Å²) < 4.78 is 0. The molecule has 1 aromatic heterocycles. The number of H-pyrrole nitrogens is 1. The van der Waals surface area contributed by atoms with Crippen LogP contribution in [0.25, 0.3) is 0 Å². The Labute approximate surface area is 133 Å². The molecule has 1 saturated heterocycles. The molecule has 0 spiro atoms. The fourth-order valence-electron chi connectivity index (χ4n) is 3.11. The molecule has 22 heavy (non-hydrogen) atoms. The molecule has 4 nitrogen and oxygen atoms in total. The number of rotatable bonds is 6. The van der Waals surface area contributed by atoms with Gasteiger partial charge in [-0.1, -0.05) is 37.1 Å². The largest absolute Gasteiger partial charge is 0.348 e. The highest BCUT2D eigenvalue weighted by atomic mass is 15.1. The fraction of sp³-hybridized carbons (Fsp3) is 0.500. The van der Waals surface area contributed by atoms with Gasteiger partial charge >= 0.3 is 0 Å². The van der Waals surface area contributed by atoms with Crippen molar-refractivity contribution in [2.75, 3.05) is 13.1 Å². The highest BCUT2D eigenvalue weighted by molar-refractivity contribution is 5.23. The first kappa shape index (κ1) is 15.3. The van der Waals surface area contributed by atoms with E-state index < -0.39 is 0 Å². The number of nitrogens with zero attached hydrogens (tertiary/aromatic N) is 2. The van der Waals surface area contributed by atoms with Gasteiger partial charge < -0.3 is 10.3 Å². The maximum Gasteiger partial charge on any atom is 0.120 e. The minimum atomic E-state index is 0.781. The van der Waals surface area contributed by atoms with Crippen LogP contribution in [0.2, 0.25) is 0 Å². The molecular formula is C18H26N4. The van der Waals surface area contributed by atoms with E-state index in [4.69, 9.17) is 0 Å². The Morgan fingerprint density at radius 3 is 2.64 bits per heavy atom. The highest BCUT2D eigenvalue weighted by Crippen LogP contribution is 2.14. The van der Waals surface area contributed by atoms with Gasteiger partial charge in [0.05, 0.1) is 6.54 Å². The van der Waals surface area contributed by atoms with E-state index in [9.17, 15) is 0 Å². The zero-order valence-electron chi connectivity index (χ0n) is 13.2. The molecule has 0 unspecified atom stereocenters. The molecule has 1 aromatic carbocycles. The number of likely N-dealkylation sites (tertiary alicyclic amines) is 1. The maximum atomic E-state index is 4.23. The number of benzene rings is 1. The molecule has 3 rings (SSSR count). The molecule has 0 bridgehead atoms. The van der Waals surface area contributed by atoms with Crippen LogP contribution in [0.3, 0.4) is 0 Å². The molecule has 0 aliphatic carbocycles. The lowest BCUT2D eigenvalue weighted by molar-refractivity contribution is 0.277. The molecule has 4 heteroatoms. The summed E-state index contributed by atoms with van der Waals surface area (Å²) in [5.74, 6) is 0.987. The molecule has 118 valence electrons. The fourth-order valence-corrected chi connectivity index (χ4v) is 3.11. The number of hydrogen-bond acceptors (Lipinski definition) is 3. The van der Waals surface area contributed by atoms with Gasteiger partial charge in [-0.3, -0.25) is 4.90 Å². The first-order chi connectivity index (χ1) is 10.9. The first-order valence-electron chi connectivity index (χ1n) is 8.39. The molecule has 0 radical (unpaired) electrons. The lowest BCUT2D eigenvalue weighted by Gasteiger charge is -2.20. The van der Waals surface area contributed by atoms with Gasteiger partial charge in [-0.25, -0.2) is 4.98 Å². The zero-order valence-corrected chi connectivity index (χ0v) is 13.2. The minimum absolute atomic E-state index is 0.781. The molecular weight excluding hydrogens is 272 g/mol. The predicted octanol–water partition coefficient (Wildman–Crippen LogP) is 3.08. The van der Waals surface area contributed by atoms with E-state index in [0.29, 0.717) is 0 Å². The number of aromatic nitrogens is 2. The quantitative estimate of drug-likeness (QED) is 0.861. The van der Waals surface area contributed by atoms with Crippen LogP contribution in [0.5, 0.6) is 0 Å². The minimum Gasteiger partial charge on any atom is -0.348 e. The average Bonchev–Trinajstić information content (AvgIpc) is 2.92. The van der Waals surface area contributed by atoms with Crippen molar-refractivity contribution in [1.29, 1.82) is 0 Å². The van der Waals surface area contributed by atoms with E-state index in [2.05, 4.69) is 44.5 Å². The Bertz CT molecular complexity index is 542. The summed E-state index contributed by atoms with van der Waals surface area (Å²) in [6.07, 6.45) is 9.15. The van der Waals surface area contributed by atoms with Crippen LogP contribution in [-0.4, -0.2) is 28.0 Å². The van der Waals surface area contributed by atoms with Gasteiger partial charge in [0.25, 0.3) is 0 Å². The van der Waals surface area contributed by atoms with Crippen LogP contribution >= 0.6 is 0 Å². The monoisotopic (exact) mass is 298 g/mol. The lowest BCUT2D eigenvalue weighted by atomic mass is 10.1. The molecule has 0 saturated carbocycles. The maximum absolute atomic E-state index is 4.23. The van der Waals surface area contributed by atoms with Gasteiger partial charge in [0, 0.05) is 25.5 Å². The van der Waals surface area contributed by atoms with Crippen molar-refractivity contribution < 1.29 is 0 Å². The van der Waals surface area contributed by atoms with Crippen LogP contribution < -0.4 is 5.32 Å². The summed E-state index contributed by atoms with van der Waals surface area (Å²) in [6, 6.07) is 8.96. The van der Waals surface area contributed by atoms with Gasteiger partial charge in [0.15, 0.2) is 0 Å². The Hall–Kier alpha value is -1.65. The van der Waals surface area contributed by atoms with Crippen LogP contribution in [-0.2, 0) is 19.6 Å². The van der Waals surface area contributed by atoms with Crippen molar-refractivity contribution in [3.05, 3.63) is 53.6 Å². The summed E-state index contributed by atoms with van der Waals surface area (Å²) in [4.78, 5) is 9.94. The molecule has 2 aromatic rings. The molecule has 2 heterocycles. The zero-order chi connectivity index (χ0) is 15.0.